The first kappa shape index (κ1) is 9.73. The lowest BCUT2D eigenvalue weighted by Gasteiger charge is -2.18. The number of hydrogen-bond acceptors (Lipinski definition) is 3. The Balaban J connectivity index is 3.28. The molecule has 0 aliphatic carbocycles. The number of nitrogens with zero attached hydrogens (tertiary/aromatic N) is 1. The van der Waals surface area contributed by atoms with Gasteiger partial charge in [-0.3, -0.25) is 5.10 Å². The number of aryl methyl sites for hydroxylation is 2. The number of hydrogen-bond donors (Lipinski definition) is 3. The number of aliphatic hydroxyl groups is 1. The molecular weight excluding hydrogens is 172 g/mol. The maximum absolute atomic E-state index is 10.7. The number of aromatic nitrogens is 2. The van der Waals surface area contributed by atoms with Gasteiger partial charge in [0.1, 0.15) is 0 Å². The predicted molar refractivity (Wildman–Crippen MR) is 45.3 cm³/mol. The van der Waals surface area contributed by atoms with Gasteiger partial charge < -0.3 is 10.2 Å². The molecule has 1 aromatic rings. The van der Waals surface area contributed by atoms with Gasteiger partial charge in [-0.2, -0.15) is 5.10 Å². The molecule has 0 spiro atoms. The minimum absolute atomic E-state index is 0.333. The molecule has 5 nitrogen and oxygen atoms in total. The van der Waals surface area contributed by atoms with Gasteiger partial charge in [0.25, 0.3) is 0 Å². The first-order valence-corrected chi connectivity index (χ1v) is 3.85. The third kappa shape index (κ3) is 1.42. The van der Waals surface area contributed by atoms with E-state index in [1.807, 2.05) is 0 Å². The van der Waals surface area contributed by atoms with E-state index in [1.54, 1.807) is 13.8 Å². The standard InChI is InChI=1S/C8H12N2O3/c1-4-6(5(2)10-9-4)8(3,13)7(11)12/h13H,1-3H3,(H,9,10)(H,11,12). The summed E-state index contributed by atoms with van der Waals surface area (Å²) in [4.78, 5) is 10.7. The van der Waals surface area contributed by atoms with E-state index in [0.717, 1.165) is 0 Å². The summed E-state index contributed by atoms with van der Waals surface area (Å²) in [5.74, 6) is -1.28. The van der Waals surface area contributed by atoms with E-state index in [2.05, 4.69) is 10.2 Å². The fourth-order valence-corrected chi connectivity index (χ4v) is 1.38. The lowest BCUT2D eigenvalue weighted by molar-refractivity contribution is -0.157. The van der Waals surface area contributed by atoms with E-state index in [1.165, 1.54) is 6.92 Å². The summed E-state index contributed by atoms with van der Waals surface area (Å²) in [7, 11) is 0. The first-order chi connectivity index (χ1) is 5.87. The summed E-state index contributed by atoms with van der Waals surface area (Å²) < 4.78 is 0. The van der Waals surface area contributed by atoms with Gasteiger partial charge >= 0.3 is 5.97 Å². The second-order valence-electron chi connectivity index (χ2n) is 3.19. The molecule has 72 valence electrons. The number of carboxylic acid groups (broad SMARTS) is 1. The average molecular weight is 184 g/mol. The summed E-state index contributed by atoms with van der Waals surface area (Å²) >= 11 is 0. The molecule has 3 N–H and O–H groups in total. The largest absolute Gasteiger partial charge is 0.479 e. The normalized spacial score (nSPS) is 15.4. The summed E-state index contributed by atoms with van der Waals surface area (Å²) in [6.07, 6.45) is 0. The van der Waals surface area contributed by atoms with Crippen molar-refractivity contribution in [3.63, 3.8) is 0 Å². The predicted octanol–water partition coefficient (Wildman–Crippen LogP) is 0.319. The van der Waals surface area contributed by atoms with E-state index in [4.69, 9.17) is 5.11 Å². The fraction of sp³-hybridized carbons (Fsp3) is 0.500. The summed E-state index contributed by atoms with van der Waals surface area (Å²) in [5, 5.41) is 24.9. The topological polar surface area (TPSA) is 86.2 Å². The van der Waals surface area contributed by atoms with Gasteiger partial charge in [-0.15, -0.1) is 0 Å². The SMILES string of the molecule is Cc1n[nH]c(C)c1C(C)(O)C(=O)O. The van der Waals surface area contributed by atoms with Crippen LogP contribution in [0.4, 0.5) is 0 Å². The molecule has 5 heteroatoms. The van der Waals surface area contributed by atoms with Crippen LogP contribution >= 0.6 is 0 Å². The highest BCUT2D eigenvalue weighted by atomic mass is 16.4. The fourth-order valence-electron chi connectivity index (χ4n) is 1.38. The minimum atomic E-state index is -1.87. The Labute approximate surface area is 75.4 Å². The Bertz CT molecular complexity index is 322. The third-order valence-corrected chi connectivity index (χ3v) is 2.03. The lowest BCUT2D eigenvalue weighted by atomic mass is 9.94. The molecule has 0 amide bonds. The molecule has 0 fully saturated rings. The van der Waals surface area contributed by atoms with Gasteiger partial charge in [-0.25, -0.2) is 4.79 Å². The number of H-pyrrole nitrogens is 1. The molecule has 1 unspecified atom stereocenters. The van der Waals surface area contributed by atoms with Crippen LogP contribution in [0, 0.1) is 13.8 Å². The van der Waals surface area contributed by atoms with Gasteiger partial charge in [0.15, 0.2) is 5.60 Å². The Hall–Kier alpha value is -1.36. The Morgan fingerprint density at radius 1 is 1.54 bits per heavy atom. The van der Waals surface area contributed by atoms with Crippen molar-refractivity contribution in [3.8, 4) is 0 Å². The van der Waals surface area contributed by atoms with Crippen molar-refractivity contribution in [2.45, 2.75) is 26.4 Å². The van der Waals surface area contributed by atoms with Crippen LogP contribution in [0.1, 0.15) is 23.9 Å². The lowest BCUT2D eigenvalue weighted by Crippen LogP contribution is -2.32. The van der Waals surface area contributed by atoms with Gasteiger partial charge in [0.2, 0.25) is 0 Å². The van der Waals surface area contributed by atoms with Crippen LogP contribution in [0.25, 0.3) is 0 Å². The number of aromatic amines is 1. The molecule has 1 atom stereocenters. The van der Waals surface area contributed by atoms with Crippen LogP contribution < -0.4 is 0 Å². The van der Waals surface area contributed by atoms with Gasteiger partial charge in [0.05, 0.1) is 5.69 Å². The van der Waals surface area contributed by atoms with Crippen molar-refractivity contribution in [1.82, 2.24) is 10.2 Å². The molecule has 0 bridgehead atoms. The molecule has 1 rings (SSSR count). The first-order valence-electron chi connectivity index (χ1n) is 3.85. The molecule has 1 heterocycles. The molecule has 0 saturated heterocycles. The van der Waals surface area contributed by atoms with E-state index in [9.17, 15) is 9.90 Å². The highest BCUT2D eigenvalue weighted by molar-refractivity contribution is 5.79. The maximum atomic E-state index is 10.7. The molecule has 0 saturated carbocycles. The number of rotatable bonds is 2. The summed E-state index contributed by atoms with van der Waals surface area (Å²) in [6, 6.07) is 0. The second-order valence-corrected chi connectivity index (χ2v) is 3.19. The number of nitrogens with one attached hydrogen (secondary N) is 1. The Morgan fingerprint density at radius 3 is 2.38 bits per heavy atom. The van der Waals surface area contributed by atoms with E-state index >= 15 is 0 Å². The van der Waals surface area contributed by atoms with Crippen molar-refractivity contribution in [2.24, 2.45) is 0 Å². The van der Waals surface area contributed by atoms with Crippen LogP contribution in [0.15, 0.2) is 0 Å². The number of carbonyl (C=O) groups is 1. The molecule has 13 heavy (non-hydrogen) atoms. The Morgan fingerprint density at radius 2 is 2.08 bits per heavy atom. The molecular formula is C8H12N2O3. The van der Waals surface area contributed by atoms with Crippen LogP contribution in [0.2, 0.25) is 0 Å². The quantitative estimate of drug-likeness (QED) is 0.617. The third-order valence-electron chi connectivity index (χ3n) is 2.03. The second kappa shape index (κ2) is 2.85. The van der Waals surface area contributed by atoms with Gasteiger partial charge in [0, 0.05) is 11.3 Å². The monoisotopic (exact) mass is 184 g/mol. The molecule has 0 aromatic carbocycles. The highest BCUT2D eigenvalue weighted by Crippen LogP contribution is 2.25. The van der Waals surface area contributed by atoms with Crippen LogP contribution in [0.3, 0.4) is 0 Å². The van der Waals surface area contributed by atoms with Crippen molar-refractivity contribution in [3.05, 3.63) is 17.0 Å². The van der Waals surface area contributed by atoms with E-state index in [0.29, 0.717) is 17.0 Å². The van der Waals surface area contributed by atoms with Gasteiger partial charge in [-0.1, -0.05) is 0 Å². The summed E-state index contributed by atoms with van der Waals surface area (Å²) in [6.45, 7) is 4.56. The van der Waals surface area contributed by atoms with Crippen molar-refractivity contribution in [1.29, 1.82) is 0 Å². The molecule has 0 radical (unpaired) electrons. The highest BCUT2D eigenvalue weighted by Gasteiger charge is 2.36. The molecule has 1 aromatic heterocycles. The van der Waals surface area contributed by atoms with Gasteiger partial charge in [-0.05, 0) is 20.8 Å². The van der Waals surface area contributed by atoms with Crippen molar-refractivity contribution in [2.75, 3.05) is 0 Å². The Kier molecular flexibility index (Phi) is 2.13. The number of carboxylic acids is 1. The average Bonchev–Trinajstić information content (AvgIpc) is 2.30. The smallest absolute Gasteiger partial charge is 0.340 e. The van der Waals surface area contributed by atoms with E-state index in [-0.39, 0.29) is 0 Å². The maximum Gasteiger partial charge on any atom is 0.340 e. The van der Waals surface area contributed by atoms with Crippen LogP contribution in [-0.2, 0) is 10.4 Å². The minimum Gasteiger partial charge on any atom is -0.479 e. The number of aliphatic carboxylic acids is 1. The summed E-state index contributed by atoms with van der Waals surface area (Å²) in [5.41, 5.74) is -0.462. The zero-order chi connectivity index (χ0) is 10.2. The van der Waals surface area contributed by atoms with E-state index < -0.39 is 11.6 Å². The van der Waals surface area contributed by atoms with Crippen molar-refractivity contribution >= 4 is 5.97 Å². The molecule has 0 aliphatic rings. The van der Waals surface area contributed by atoms with Crippen LogP contribution in [-0.4, -0.2) is 26.4 Å². The molecule has 0 aliphatic heterocycles. The van der Waals surface area contributed by atoms with Crippen LogP contribution in [0.5, 0.6) is 0 Å². The zero-order valence-corrected chi connectivity index (χ0v) is 7.75. The van der Waals surface area contributed by atoms with Crippen molar-refractivity contribution < 1.29 is 15.0 Å². The zero-order valence-electron chi connectivity index (χ0n) is 7.75.